The zero-order valence-electron chi connectivity index (χ0n) is 13.5. The van der Waals surface area contributed by atoms with E-state index in [1.165, 1.54) is 0 Å². The van der Waals surface area contributed by atoms with E-state index in [4.69, 9.17) is 12.2 Å². The van der Waals surface area contributed by atoms with E-state index >= 15 is 0 Å². The number of hydrogen-bond donors (Lipinski definition) is 2. The number of hydrogen-bond acceptors (Lipinski definition) is 3. The minimum atomic E-state index is 0.0949. The van der Waals surface area contributed by atoms with Gasteiger partial charge < -0.3 is 15.0 Å². The molecule has 2 aromatic carbocycles. The van der Waals surface area contributed by atoms with Crippen LogP contribution in [-0.4, -0.2) is 14.8 Å². The first kappa shape index (κ1) is 16.1. The van der Waals surface area contributed by atoms with Crippen LogP contribution in [0.1, 0.15) is 19.9 Å². The lowest BCUT2D eigenvalue weighted by molar-refractivity contribution is 0.407. The molecular formula is C18H18N4OS. The average Bonchev–Trinajstić information content (AvgIpc) is 2.85. The molecule has 0 saturated heterocycles. The molecule has 0 aliphatic rings. The van der Waals surface area contributed by atoms with Gasteiger partial charge in [0.2, 0.25) is 11.0 Å². The van der Waals surface area contributed by atoms with Gasteiger partial charge in [0.1, 0.15) is 0 Å². The Morgan fingerprint density at radius 1 is 1.08 bits per heavy atom. The van der Waals surface area contributed by atoms with Crippen LogP contribution in [0.25, 0.3) is 10.9 Å². The lowest BCUT2D eigenvalue weighted by atomic mass is 10.2. The number of nitrogens with one attached hydrogen (secondary N) is 1. The lowest BCUT2D eigenvalue weighted by Crippen LogP contribution is -2.04. The van der Waals surface area contributed by atoms with Crippen LogP contribution < -0.4 is 5.32 Å². The van der Waals surface area contributed by atoms with Crippen LogP contribution in [0, 0.1) is 0 Å². The lowest BCUT2D eigenvalue weighted by Gasteiger charge is -2.10. The summed E-state index contributed by atoms with van der Waals surface area (Å²) in [5.41, 5.74) is 2.19. The topological polar surface area (TPSA) is 61.9 Å². The fourth-order valence-electron chi connectivity index (χ4n) is 2.62. The summed E-state index contributed by atoms with van der Waals surface area (Å²) in [5.74, 6) is 0.0949. The fraction of sp³-hybridized carbons (Fsp3) is 0.167. The predicted molar refractivity (Wildman–Crippen MR) is 101 cm³/mol. The molecule has 1 aromatic heterocycles. The van der Waals surface area contributed by atoms with Gasteiger partial charge in [-0.05, 0) is 44.3 Å². The van der Waals surface area contributed by atoms with Gasteiger partial charge in [-0.25, -0.2) is 0 Å². The second kappa shape index (κ2) is 6.80. The summed E-state index contributed by atoms with van der Waals surface area (Å²) in [6, 6.07) is 17.3. The molecule has 0 atom stereocenters. The number of anilines is 1. The van der Waals surface area contributed by atoms with Gasteiger partial charge in [0.15, 0.2) is 5.69 Å². The molecule has 3 rings (SSSR count). The highest BCUT2D eigenvalue weighted by molar-refractivity contribution is 7.80. The number of rotatable bonds is 3. The van der Waals surface area contributed by atoms with Crippen LogP contribution in [0.5, 0.6) is 5.88 Å². The number of thiocarbonyl (C=S) groups is 1. The molecule has 6 heteroatoms. The maximum Gasteiger partial charge on any atom is 0.221 e. The number of aromatic nitrogens is 1. The van der Waals surface area contributed by atoms with Crippen LogP contribution in [0.2, 0.25) is 0 Å². The summed E-state index contributed by atoms with van der Waals surface area (Å²) in [6.07, 6.45) is 0. The van der Waals surface area contributed by atoms with Crippen molar-refractivity contribution in [2.24, 2.45) is 10.2 Å². The Morgan fingerprint density at radius 2 is 1.75 bits per heavy atom. The minimum Gasteiger partial charge on any atom is -0.493 e. The second-order valence-corrected chi connectivity index (χ2v) is 6.04. The molecule has 24 heavy (non-hydrogen) atoms. The molecule has 2 N–H and O–H groups in total. The molecule has 0 spiro atoms. The van der Waals surface area contributed by atoms with Crippen molar-refractivity contribution in [3.05, 3.63) is 54.6 Å². The van der Waals surface area contributed by atoms with Gasteiger partial charge in [0.05, 0.1) is 5.52 Å². The standard InChI is InChI=1S/C18H18N4OS/c1-12(2)22-15-11-7-6-10-14(15)16(17(22)23)20-21-18(24)19-13-8-4-3-5-9-13/h3-12,23H,1-2H3,(H,19,24). The molecule has 0 unspecified atom stereocenters. The van der Waals surface area contributed by atoms with Crippen LogP contribution >= 0.6 is 12.2 Å². The predicted octanol–water partition coefficient (Wildman–Crippen LogP) is 5.41. The molecule has 3 aromatic rings. The monoisotopic (exact) mass is 338 g/mol. The van der Waals surface area contributed by atoms with Crippen LogP contribution in [0.4, 0.5) is 11.4 Å². The van der Waals surface area contributed by atoms with Crippen molar-refractivity contribution in [2.45, 2.75) is 19.9 Å². The van der Waals surface area contributed by atoms with E-state index in [1.54, 1.807) is 0 Å². The van der Waals surface area contributed by atoms with E-state index in [1.807, 2.05) is 73.0 Å². The molecule has 0 bridgehead atoms. The van der Waals surface area contributed by atoms with E-state index in [2.05, 4.69) is 15.5 Å². The maximum atomic E-state index is 10.5. The van der Waals surface area contributed by atoms with Crippen molar-refractivity contribution < 1.29 is 5.11 Å². The zero-order valence-corrected chi connectivity index (χ0v) is 14.3. The molecule has 0 aliphatic carbocycles. The van der Waals surface area contributed by atoms with Gasteiger partial charge in [-0.2, -0.15) is 0 Å². The molecule has 1 heterocycles. The number of nitrogens with zero attached hydrogens (tertiary/aromatic N) is 3. The second-order valence-electron chi connectivity index (χ2n) is 5.65. The Bertz CT molecular complexity index is 900. The Labute approximate surface area is 145 Å². The molecule has 0 amide bonds. The first-order valence-electron chi connectivity index (χ1n) is 7.67. The number of azo groups is 1. The van der Waals surface area contributed by atoms with Gasteiger partial charge in [0.25, 0.3) is 0 Å². The van der Waals surface area contributed by atoms with Crippen molar-refractivity contribution in [2.75, 3.05) is 5.32 Å². The molecule has 0 saturated carbocycles. The first-order chi connectivity index (χ1) is 11.6. The number of benzene rings is 2. The van der Waals surface area contributed by atoms with Crippen LogP contribution in [0.15, 0.2) is 64.8 Å². The van der Waals surface area contributed by atoms with Crippen molar-refractivity contribution in [3.63, 3.8) is 0 Å². The van der Waals surface area contributed by atoms with Crippen LogP contribution in [0.3, 0.4) is 0 Å². The molecule has 0 fully saturated rings. The molecular weight excluding hydrogens is 320 g/mol. The van der Waals surface area contributed by atoms with Gasteiger partial charge in [-0.1, -0.05) is 36.4 Å². The molecule has 0 radical (unpaired) electrons. The summed E-state index contributed by atoms with van der Waals surface area (Å²) in [4.78, 5) is 0. The maximum absolute atomic E-state index is 10.5. The minimum absolute atomic E-state index is 0.0949. The van der Waals surface area contributed by atoms with Gasteiger partial charge >= 0.3 is 0 Å². The first-order valence-corrected chi connectivity index (χ1v) is 8.08. The smallest absolute Gasteiger partial charge is 0.221 e. The molecule has 0 aliphatic heterocycles. The Hall–Kier alpha value is -2.73. The average molecular weight is 338 g/mol. The number of para-hydroxylation sites is 2. The Kier molecular flexibility index (Phi) is 4.57. The fourth-order valence-corrected chi connectivity index (χ4v) is 2.78. The highest BCUT2D eigenvalue weighted by atomic mass is 32.1. The third kappa shape index (κ3) is 3.14. The quantitative estimate of drug-likeness (QED) is 0.496. The summed E-state index contributed by atoms with van der Waals surface area (Å²) in [7, 11) is 0. The molecule has 5 nitrogen and oxygen atoms in total. The third-order valence-electron chi connectivity index (χ3n) is 3.64. The SMILES string of the molecule is CC(C)n1c(O)c(N=NC(=S)Nc2ccccc2)c2ccccc21. The molecule has 122 valence electrons. The zero-order chi connectivity index (χ0) is 17.1. The summed E-state index contributed by atoms with van der Waals surface area (Å²) < 4.78 is 1.83. The van der Waals surface area contributed by atoms with Crippen molar-refractivity contribution in [3.8, 4) is 5.88 Å². The third-order valence-corrected chi connectivity index (χ3v) is 3.82. The number of aromatic hydroxyl groups is 1. The van der Waals surface area contributed by atoms with Crippen molar-refractivity contribution >= 4 is 39.6 Å². The summed E-state index contributed by atoms with van der Waals surface area (Å²) in [5, 5.41) is 22.8. The van der Waals surface area contributed by atoms with Crippen molar-refractivity contribution in [1.82, 2.24) is 4.57 Å². The van der Waals surface area contributed by atoms with E-state index in [-0.39, 0.29) is 17.0 Å². The summed E-state index contributed by atoms with van der Waals surface area (Å²) in [6.45, 7) is 4.02. The van der Waals surface area contributed by atoms with Gasteiger partial charge in [0, 0.05) is 17.1 Å². The van der Waals surface area contributed by atoms with Gasteiger partial charge in [-0.15, -0.1) is 10.2 Å². The summed E-state index contributed by atoms with van der Waals surface area (Å²) >= 11 is 5.20. The van der Waals surface area contributed by atoms with Crippen LogP contribution in [-0.2, 0) is 0 Å². The van der Waals surface area contributed by atoms with E-state index in [9.17, 15) is 5.11 Å². The Morgan fingerprint density at radius 3 is 2.46 bits per heavy atom. The highest BCUT2D eigenvalue weighted by Gasteiger charge is 2.18. The van der Waals surface area contributed by atoms with Crippen molar-refractivity contribution in [1.29, 1.82) is 0 Å². The normalized spacial score (nSPS) is 11.5. The Balaban J connectivity index is 1.92. The van der Waals surface area contributed by atoms with E-state index < -0.39 is 0 Å². The van der Waals surface area contributed by atoms with E-state index in [0.29, 0.717) is 5.69 Å². The van der Waals surface area contributed by atoms with Gasteiger partial charge in [-0.3, -0.25) is 0 Å². The number of fused-ring (bicyclic) bond motifs is 1. The van der Waals surface area contributed by atoms with E-state index in [0.717, 1.165) is 16.6 Å². The highest BCUT2D eigenvalue weighted by Crippen LogP contribution is 2.40. The largest absolute Gasteiger partial charge is 0.493 e.